The van der Waals surface area contributed by atoms with E-state index in [1.807, 2.05) is 30.3 Å². The van der Waals surface area contributed by atoms with Gasteiger partial charge in [0.25, 0.3) is 0 Å². The van der Waals surface area contributed by atoms with Gasteiger partial charge in [-0.25, -0.2) is 0 Å². The Morgan fingerprint density at radius 2 is 2.14 bits per heavy atom. The van der Waals surface area contributed by atoms with Crippen LogP contribution in [0.25, 0.3) is 0 Å². The first-order chi connectivity index (χ1) is 6.84. The first-order valence-corrected chi connectivity index (χ1v) is 4.00. The van der Waals surface area contributed by atoms with Gasteiger partial charge in [-0.15, -0.1) is 6.42 Å². The summed E-state index contributed by atoms with van der Waals surface area (Å²) >= 11 is 0. The molecule has 0 heterocycles. The Morgan fingerprint density at radius 3 is 2.79 bits per heavy atom. The SMILES string of the molecule is C#C/C=C/O/N=C(\N)c1ccccc1. The number of nitrogens with two attached hydrogens (primary N) is 1. The van der Waals surface area contributed by atoms with E-state index in [4.69, 9.17) is 17.0 Å². The molecule has 0 spiro atoms. The summed E-state index contributed by atoms with van der Waals surface area (Å²) < 4.78 is 0. The predicted octanol–water partition coefficient (Wildman–Crippen LogP) is 1.47. The van der Waals surface area contributed by atoms with Crippen molar-refractivity contribution in [3.05, 3.63) is 48.2 Å². The van der Waals surface area contributed by atoms with Gasteiger partial charge < -0.3 is 10.6 Å². The summed E-state index contributed by atoms with van der Waals surface area (Å²) in [5.41, 5.74) is 6.42. The first-order valence-electron chi connectivity index (χ1n) is 4.00. The van der Waals surface area contributed by atoms with E-state index in [9.17, 15) is 0 Å². The van der Waals surface area contributed by atoms with Gasteiger partial charge in [-0.1, -0.05) is 41.4 Å². The lowest BCUT2D eigenvalue weighted by molar-refractivity contribution is 0.268. The topological polar surface area (TPSA) is 47.6 Å². The number of oxime groups is 1. The van der Waals surface area contributed by atoms with Gasteiger partial charge in [0.05, 0.1) is 0 Å². The molecule has 1 aromatic rings. The monoisotopic (exact) mass is 186 g/mol. The van der Waals surface area contributed by atoms with Gasteiger partial charge in [0.15, 0.2) is 5.84 Å². The van der Waals surface area contributed by atoms with Crippen LogP contribution in [0, 0.1) is 12.3 Å². The molecule has 0 atom stereocenters. The third-order valence-corrected chi connectivity index (χ3v) is 1.45. The highest BCUT2D eigenvalue weighted by Crippen LogP contribution is 1.97. The number of rotatable bonds is 3. The Balaban J connectivity index is 2.62. The maximum Gasteiger partial charge on any atom is 0.170 e. The molecule has 0 unspecified atom stereocenters. The molecule has 0 fully saturated rings. The van der Waals surface area contributed by atoms with Crippen LogP contribution in [0.5, 0.6) is 0 Å². The second-order valence-corrected chi connectivity index (χ2v) is 2.42. The fraction of sp³-hybridized carbons (Fsp3) is 0. The fourth-order valence-electron chi connectivity index (χ4n) is 0.819. The summed E-state index contributed by atoms with van der Waals surface area (Å²) in [5, 5.41) is 3.64. The zero-order chi connectivity index (χ0) is 10.2. The van der Waals surface area contributed by atoms with Crippen LogP contribution in [-0.4, -0.2) is 5.84 Å². The molecule has 3 nitrogen and oxygen atoms in total. The van der Waals surface area contributed by atoms with Gasteiger partial charge in [0, 0.05) is 11.6 Å². The number of terminal acetylenes is 1. The van der Waals surface area contributed by atoms with E-state index in [1.54, 1.807) is 0 Å². The van der Waals surface area contributed by atoms with Gasteiger partial charge >= 0.3 is 0 Å². The van der Waals surface area contributed by atoms with Crippen molar-refractivity contribution < 1.29 is 4.84 Å². The highest BCUT2D eigenvalue weighted by atomic mass is 16.6. The van der Waals surface area contributed by atoms with E-state index in [0.29, 0.717) is 5.84 Å². The maximum atomic E-state index is 5.62. The molecule has 0 aliphatic carbocycles. The summed E-state index contributed by atoms with van der Waals surface area (Å²) in [6.45, 7) is 0. The van der Waals surface area contributed by atoms with Crippen LogP contribution in [-0.2, 0) is 4.84 Å². The Hall–Kier alpha value is -2.21. The number of nitrogens with zero attached hydrogens (tertiary/aromatic N) is 1. The molecule has 0 amide bonds. The average Bonchev–Trinajstić information content (AvgIpc) is 2.25. The molecule has 2 N–H and O–H groups in total. The molecule has 0 aliphatic heterocycles. The minimum absolute atomic E-state index is 0.312. The lowest BCUT2D eigenvalue weighted by Gasteiger charge is -1.97. The molecule has 0 saturated heterocycles. The number of allylic oxidation sites excluding steroid dienone is 1. The van der Waals surface area contributed by atoms with Gasteiger partial charge in [0.2, 0.25) is 0 Å². The average molecular weight is 186 g/mol. The molecule has 3 heteroatoms. The molecule has 0 aliphatic rings. The van der Waals surface area contributed by atoms with E-state index in [0.717, 1.165) is 5.56 Å². The van der Waals surface area contributed by atoms with Crippen LogP contribution in [0.3, 0.4) is 0 Å². The summed E-state index contributed by atoms with van der Waals surface area (Å²) in [4.78, 5) is 4.73. The van der Waals surface area contributed by atoms with E-state index in [2.05, 4.69) is 11.1 Å². The zero-order valence-corrected chi connectivity index (χ0v) is 7.55. The standard InChI is InChI=1S/C11H10N2O/c1-2-3-9-14-13-11(12)10-7-5-4-6-8-10/h1,3-9H,(H2,12,13)/b9-3+. The van der Waals surface area contributed by atoms with Crippen LogP contribution in [0.15, 0.2) is 47.8 Å². The van der Waals surface area contributed by atoms with E-state index in [-0.39, 0.29) is 0 Å². The molecular formula is C11H10N2O. The maximum absolute atomic E-state index is 5.62. The highest BCUT2D eigenvalue weighted by Gasteiger charge is 1.95. The van der Waals surface area contributed by atoms with Gasteiger partial charge in [-0.3, -0.25) is 0 Å². The van der Waals surface area contributed by atoms with E-state index in [1.165, 1.54) is 12.3 Å². The molecule has 0 saturated carbocycles. The van der Waals surface area contributed by atoms with Crippen LogP contribution in [0.1, 0.15) is 5.56 Å². The fourth-order valence-corrected chi connectivity index (χ4v) is 0.819. The Bertz CT molecular complexity index is 374. The molecule has 1 aromatic carbocycles. The molecule has 0 bridgehead atoms. The summed E-state index contributed by atoms with van der Waals surface area (Å²) in [6, 6.07) is 9.32. The van der Waals surface area contributed by atoms with Crippen molar-refractivity contribution >= 4 is 5.84 Å². The van der Waals surface area contributed by atoms with Crippen LogP contribution >= 0.6 is 0 Å². The summed E-state index contributed by atoms with van der Waals surface area (Å²) in [6.07, 6.45) is 7.64. The Kier molecular flexibility index (Phi) is 3.84. The van der Waals surface area contributed by atoms with Crippen molar-refractivity contribution in [3.8, 4) is 12.3 Å². The second kappa shape index (κ2) is 5.44. The van der Waals surface area contributed by atoms with Gasteiger partial charge in [-0.2, -0.15) is 0 Å². The molecule has 0 aromatic heterocycles. The second-order valence-electron chi connectivity index (χ2n) is 2.42. The lowest BCUT2D eigenvalue weighted by Crippen LogP contribution is -2.12. The third kappa shape index (κ3) is 3.03. The van der Waals surface area contributed by atoms with Crippen molar-refractivity contribution in [3.63, 3.8) is 0 Å². The van der Waals surface area contributed by atoms with Crippen molar-refractivity contribution in [2.75, 3.05) is 0 Å². The van der Waals surface area contributed by atoms with E-state index < -0.39 is 0 Å². The normalized spacial score (nSPS) is 11.2. The van der Waals surface area contributed by atoms with Gasteiger partial charge in [-0.05, 0) is 0 Å². The van der Waals surface area contributed by atoms with Gasteiger partial charge in [0.1, 0.15) is 6.26 Å². The Labute approximate surface area is 82.9 Å². The van der Waals surface area contributed by atoms with E-state index >= 15 is 0 Å². The smallest absolute Gasteiger partial charge is 0.170 e. The minimum Gasteiger partial charge on any atom is -0.380 e. The summed E-state index contributed by atoms with van der Waals surface area (Å²) in [7, 11) is 0. The number of benzene rings is 1. The highest BCUT2D eigenvalue weighted by molar-refractivity contribution is 5.96. The van der Waals surface area contributed by atoms with Crippen molar-refractivity contribution in [2.45, 2.75) is 0 Å². The number of hydrogen-bond donors (Lipinski definition) is 1. The largest absolute Gasteiger partial charge is 0.380 e. The molecule has 0 radical (unpaired) electrons. The van der Waals surface area contributed by atoms with Crippen molar-refractivity contribution in [2.24, 2.45) is 10.9 Å². The number of hydrogen-bond acceptors (Lipinski definition) is 2. The molecule has 70 valence electrons. The quantitative estimate of drug-likeness (QED) is 0.255. The van der Waals surface area contributed by atoms with Crippen LogP contribution in [0.4, 0.5) is 0 Å². The minimum atomic E-state index is 0.312. The lowest BCUT2D eigenvalue weighted by atomic mass is 10.2. The third-order valence-electron chi connectivity index (χ3n) is 1.45. The molecular weight excluding hydrogens is 176 g/mol. The zero-order valence-electron chi connectivity index (χ0n) is 7.55. The van der Waals surface area contributed by atoms with Crippen molar-refractivity contribution in [1.82, 2.24) is 0 Å². The van der Waals surface area contributed by atoms with Crippen LogP contribution < -0.4 is 5.73 Å². The first kappa shape index (κ1) is 9.87. The number of amidine groups is 1. The predicted molar refractivity (Wildman–Crippen MR) is 56.2 cm³/mol. The summed E-state index contributed by atoms with van der Waals surface area (Å²) in [5.74, 6) is 2.58. The Morgan fingerprint density at radius 1 is 1.43 bits per heavy atom. The van der Waals surface area contributed by atoms with Crippen molar-refractivity contribution in [1.29, 1.82) is 0 Å². The molecule has 14 heavy (non-hydrogen) atoms. The van der Waals surface area contributed by atoms with Crippen LogP contribution in [0.2, 0.25) is 0 Å². The molecule has 1 rings (SSSR count).